The highest BCUT2D eigenvalue weighted by atomic mass is 16.3. The van der Waals surface area contributed by atoms with E-state index in [0.717, 1.165) is 5.56 Å². The first-order valence-electron chi connectivity index (χ1n) is 6.73. The molecule has 0 saturated heterocycles. The quantitative estimate of drug-likeness (QED) is 0.838. The van der Waals surface area contributed by atoms with Crippen LogP contribution in [0.2, 0.25) is 0 Å². The Morgan fingerprint density at radius 1 is 1.12 bits per heavy atom. The molecule has 2 atom stereocenters. The third-order valence-electron chi connectivity index (χ3n) is 3.97. The zero-order valence-corrected chi connectivity index (χ0v) is 10.6. The minimum Gasteiger partial charge on any atom is -0.387 e. The minimum absolute atomic E-state index is 0.192. The van der Waals surface area contributed by atoms with E-state index in [1.807, 2.05) is 37.4 Å². The third-order valence-corrected chi connectivity index (χ3v) is 3.97. The molecule has 1 fully saturated rings. The van der Waals surface area contributed by atoms with Crippen LogP contribution in [-0.4, -0.2) is 18.2 Å². The van der Waals surface area contributed by atoms with E-state index in [4.69, 9.17) is 0 Å². The SMILES string of the molecule is CNC(C1CCCCC1)[C@H](O)c1ccccc1. The van der Waals surface area contributed by atoms with Crippen molar-refractivity contribution in [2.24, 2.45) is 5.92 Å². The molecule has 17 heavy (non-hydrogen) atoms. The Bertz CT molecular complexity index is 319. The summed E-state index contributed by atoms with van der Waals surface area (Å²) in [4.78, 5) is 0. The van der Waals surface area contributed by atoms with Gasteiger partial charge in [0, 0.05) is 6.04 Å². The Morgan fingerprint density at radius 2 is 1.76 bits per heavy atom. The number of nitrogens with one attached hydrogen (secondary N) is 1. The molecule has 1 aliphatic carbocycles. The number of hydrogen-bond donors (Lipinski definition) is 2. The van der Waals surface area contributed by atoms with Gasteiger partial charge in [-0.25, -0.2) is 0 Å². The van der Waals surface area contributed by atoms with Crippen LogP contribution in [-0.2, 0) is 0 Å². The smallest absolute Gasteiger partial charge is 0.0945 e. The summed E-state index contributed by atoms with van der Waals surface area (Å²) in [5.74, 6) is 0.615. The minimum atomic E-state index is -0.385. The number of likely N-dealkylation sites (N-methyl/N-ethyl adjacent to an activating group) is 1. The average Bonchev–Trinajstić information content (AvgIpc) is 2.42. The fraction of sp³-hybridized carbons (Fsp3) is 0.600. The van der Waals surface area contributed by atoms with Gasteiger partial charge in [0.05, 0.1) is 6.10 Å². The largest absolute Gasteiger partial charge is 0.387 e. The third kappa shape index (κ3) is 3.08. The molecule has 2 heteroatoms. The summed E-state index contributed by atoms with van der Waals surface area (Å²) in [6.07, 6.45) is 6.08. The Kier molecular flexibility index (Phi) is 4.57. The van der Waals surface area contributed by atoms with Crippen LogP contribution in [0.5, 0.6) is 0 Å². The molecule has 1 unspecified atom stereocenters. The van der Waals surface area contributed by atoms with E-state index in [2.05, 4.69) is 5.32 Å². The van der Waals surface area contributed by atoms with Gasteiger partial charge in [0.2, 0.25) is 0 Å². The number of aliphatic hydroxyl groups excluding tert-OH is 1. The Hall–Kier alpha value is -0.860. The summed E-state index contributed by atoms with van der Waals surface area (Å²) in [5, 5.41) is 13.8. The maximum Gasteiger partial charge on any atom is 0.0945 e. The van der Waals surface area contributed by atoms with Crippen LogP contribution in [0.3, 0.4) is 0 Å². The van der Waals surface area contributed by atoms with Crippen LogP contribution >= 0.6 is 0 Å². The van der Waals surface area contributed by atoms with E-state index in [-0.39, 0.29) is 12.1 Å². The molecule has 94 valence electrons. The van der Waals surface area contributed by atoms with Gasteiger partial charge in [-0.15, -0.1) is 0 Å². The second-order valence-corrected chi connectivity index (χ2v) is 5.07. The fourth-order valence-electron chi connectivity index (χ4n) is 3.00. The van der Waals surface area contributed by atoms with Crippen LogP contribution in [0.25, 0.3) is 0 Å². The molecule has 0 aliphatic heterocycles. The summed E-state index contributed by atoms with van der Waals surface area (Å²) >= 11 is 0. The highest BCUT2D eigenvalue weighted by Crippen LogP contribution is 2.32. The molecule has 1 aromatic carbocycles. The molecule has 2 N–H and O–H groups in total. The normalized spacial score (nSPS) is 21.1. The summed E-state index contributed by atoms with van der Waals surface area (Å²) in [6.45, 7) is 0. The van der Waals surface area contributed by atoms with Gasteiger partial charge < -0.3 is 10.4 Å². The van der Waals surface area contributed by atoms with E-state index < -0.39 is 0 Å². The van der Waals surface area contributed by atoms with E-state index in [9.17, 15) is 5.11 Å². The molecule has 0 spiro atoms. The van der Waals surface area contributed by atoms with Crippen molar-refractivity contribution in [1.29, 1.82) is 0 Å². The van der Waals surface area contributed by atoms with Gasteiger partial charge in [0.1, 0.15) is 0 Å². The van der Waals surface area contributed by atoms with Crippen molar-refractivity contribution in [2.45, 2.75) is 44.2 Å². The molecule has 1 aliphatic rings. The first-order chi connectivity index (χ1) is 8.33. The van der Waals surface area contributed by atoms with Gasteiger partial charge in [0.25, 0.3) is 0 Å². The maximum atomic E-state index is 10.5. The monoisotopic (exact) mass is 233 g/mol. The van der Waals surface area contributed by atoms with Crippen LogP contribution in [0, 0.1) is 5.92 Å². The number of aliphatic hydroxyl groups is 1. The van der Waals surface area contributed by atoms with Gasteiger partial charge >= 0.3 is 0 Å². The van der Waals surface area contributed by atoms with Crippen LogP contribution in [0.1, 0.15) is 43.8 Å². The van der Waals surface area contributed by atoms with Crippen molar-refractivity contribution in [3.63, 3.8) is 0 Å². The highest BCUT2D eigenvalue weighted by molar-refractivity contribution is 5.19. The van der Waals surface area contributed by atoms with E-state index in [1.165, 1.54) is 32.1 Å². The van der Waals surface area contributed by atoms with Crippen LogP contribution in [0.15, 0.2) is 30.3 Å². The van der Waals surface area contributed by atoms with E-state index in [0.29, 0.717) is 5.92 Å². The summed E-state index contributed by atoms with van der Waals surface area (Å²) in [5.41, 5.74) is 1.03. The summed E-state index contributed by atoms with van der Waals surface area (Å²) in [7, 11) is 1.96. The van der Waals surface area contributed by atoms with Gasteiger partial charge in [-0.1, -0.05) is 49.6 Å². The van der Waals surface area contributed by atoms with Gasteiger partial charge in [-0.2, -0.15) is 0 Å². The number of rotatable bonds is 4. The molecule has 1 aromatic rings. The molecular weight excluding hydrogens is 210 g/mol. The van der Waals surface area contributed by atoms with Crippen molar-refractivity contribution in [3.8, 4) is 0 Å². The molecular formula is C15H23NO. The lowest BCUT2D eigenvalue weighted by molar-refractivity contribution is 0.0877. The van der Waals surface area contributed by atoms with Crippen molar-refractivity contribution >= 4 is 0 Å². The van der Waals surface area contributed by atoms with E-state index in [1.54, 1.807) is 0 Å². The molecule has 2 nitrogen and oxygen atoms in total. The van der Waals surface area contributed by atoms with Crippen molar-refractivity contribution in [3.05, 3.63) is 35.9 Å². The predicted octanol–water partition coefficient (Wildman–Crippen LogP) is 2.89. The first kappa shape index (κ1) is 12.6. The van der Waals surface area contributed by atoms with Crippen molar-refractivity contribution < 1.29 is 5.11 Å². The lowest BCUT2D eigenvalue weighted by atomic mass is 9.80. The summed E-state index contributed by atoms with van der Waals surface area (Å²) < 4.78 is 0. The number of hydrogen-bond acceptors (Lipinski definition) is 2. The molecule has 0 bridgehead atoms. The molecule has 1 saturated carbocycles. The molecule has 0 radical (unpaired) electrons. The lowest BCUT2D eigenvalue weighted by Gasteiger charge is -2.33. The highest BCUT2D eigenvalue weighted by Gasteiger charge is 2.28. The zero-order valence-electron chi connectivity index (χ0n) is 10.6. The zero-order chi connectivity index (χ0) is 12.1. The van der Waals surface area contributed by atoms with Gasteiger partial charge in [-0.3, -0.25) is 0 Å². The maximum absolute atomic E-state index is 10.5. The molecule has 0 aromatic heterocycles. The van der Waals surface area contributed by atoms with E-state index >= 15 is 0 Å². The van der Waals surface area contributed by atoms with Gasteiger partial charge in [0.15, 0.2) is 0 Å². The number of benzene rings is 1. The second kappa shape index (κ2) is 6.18. The van der Waals surface area contributed by atoms with Crippen molar-refractivity contribution in [2.75, 3.05) is 7.05 Å². The van der Waals surface area contributed by atoms with Crippen LogP contribution < -0.4 is 5.32 Å². The topological polar surface area (TPSA) is 32.3 Å². The molecule has 0 heterocycles. The van der Waals surface area contributed by atoms with Crippen LogP contribution in [0.4, 0.5) is 0 Å². The fourth-order valence-corrected chi connectivity index (χ4v) is 3.00. The lowest BCUT2D eigenvalue weighted by Crippen LogP contribution is -2.40. The van der Waals surface area contributed by atoms with Gasteiger partial charge in [-0.05, 0) is 31.4 Å². The second-order valence-electron chi connectivity index (χ2n) is 5.07. The predicted molar refractivity (Wildman–Crippen MR) is 70.8 cm³/mol. The first-order valence-corrected chi connectivity index (χ1v) is 6.73. The molecule has 0 amide bonds. The Balaban J connectivity index is 2.06. The Morgan fingerprint density at radius 3 is 2.35 bits per heavy atom. The Labute approximate surface area is 104 Å². The van der Waals surface area contributed by atoms with Crippen molar-refractivity contribution in [1.82, 2.24) is 5.32 Å². The standard InChI is InChI=1S/C15H23NO/c1-16-14(12-8-4-2-5-9-12)15(17)13-10-6-3-7-11-13/h3,6-7,10-12,14-17H,2,4-5,8-9H2,1H3/t14?,15-/m1/s1. The average molecular weight is 233 g/mol. The summed E-state index contributed by atoms with van der Waals surface area (Å²) in [6, 6.07) is 10.2. The molecule has 2 rings (SSSR count).